The van der Waals surface area contributed by atoms with E-state index in [0.29, 0.717) is 21.6 Å². The molecule has 0 saturated carbocycles. The van der Waals surface area contributed by atoms with Crippen molar-refractivity contribution in [3.05, 3.63) is 88.5 Å². The number of amides is 1. The maximum Gasteiger partial charge on any atom is 0.433 e. The zero-order chi connectivity index (χ0) is 28.6. The lowest BCUT2D eigenvalue weighted by Gasteiger charge is -2.11. The van der Waals surface area contributed by atoms with Crippen molar-refractivity contribution >= 4 is 28.8 Å². The number of hydrogen-bond acceptors (Lipinski definition) is 6. The molecule has 0 fully saturated rings. The minimum absolute atomic E-state index is 0.0161. The van der Waals surface area contributed by atoms with Crippen molar-refractivity contribution in [2.75, 3.05) is 12.4 Å². The SMILES string of the molecule is COc1cccc(-c2cc(C(F)(F)F)n3nc(C(=O)Nc4cnn(COc5ccc(C)cc5C)c4)c(Cl)c3n2)c1. The number of halogens is 4. The molecule has 1 N–H and O–H groups in total. The van der Waals surface area contributed by atoms with E-state index in [9.17, 15) is 18.0 Å². The van der Waals surface area contributed by atoms with Crippen molar-refractivity contribution in [2.24, 2.45) is 0 Å². The Morgan fingerprint density at radius 1 is 1.12 bits per heavy atom. The molecule has 9 nitrogen and oxygen atoms in total. The maximum absolute atomic E-state index is 14.0. The zero-order valence-corrected chi connectivity index (χ0v) is 22.2. The van der Waals surface area contributed by atoms with Gasteiger partial charge in [-0.2, -0.15) is 23.4 Å². The summed E-state index contributed by atoms with van der Waals surface area (Å²) in [5.41, 5.74) is 0.788. The van der Waals surface area contributed by atoms with Gasteiger partial charge in [-0.3, -0.25) is 4.79 Å². The number of carbonyl (C=O) groups is 1. The molecule has 40 heavy (non-hydrogen) atoms. The summed E-state index contributed by atoms with van der Waals surface area (Å²) >= 11 is 6.37. The predicted octanol–water partition coefficient (Wildman–Crippen LogP) is 6.18. The molecule has 5 rings (SSSR count). The van der Waals surface area contributed by atoms with Crippen LogP contribution in [0, 0.1) is 13.8 Å². The van der Waals surface area contributed by atoms with Crippen LogP contribution in [-0.4, -0.2) is 37.4 Å². The average Bonchev–Trinajstić information content (AvgIpc) is 3.50. The van der Waals surface area contributed by atoms with E-state index < -0.39 is 23.5 Å². The lowest BCUT2D eigenvalue weighted by Crippen LogP contribution is -2.15. The topological polar surface area (TPSA) is 95.6 Å². The van der Waals surface area contributed by atoms with Crippen LogP contribution in [0.15, 0.2) is 60.9 Å². The van der Waals surface area contributed by atoms with Gasteiger partial charge in [-0.15, -0.1) is 0 Å². The van der Waals surface area contributed by atoms with Crippen LogP contribution in [0.3, 0.4) is 0 Å². The first kappa shape index (κ1) is 27.0. The number of methoxy groups -OCH3 is 1. The number of alkyl halides is 3. The van der Waals surface area contributed by atoms with E-state index in [1.165, 1.54) is 24.2 Å². The van der Waals surface area contributed by atoms with Crippen LogP contribution in [0.25, 0.3) is 16.9 Å². The Labute approximate surface area is 231 Å². The molecule has 0 spiro atoms. The fraction of sp³-hybridized carbons (Fsp3) is 0.185. The summed E-state index contributed by atoms with van der Waals surface area (Å²) in [6, 6.07) is 13.0. The Hall–Kier alpha value is -4.58. The Kier molecular flexibility index (Phi) is 7.11. The Bertz CT molecular complexity index is 1730. The van der Waals surface area contributed by atoms with E-state index >= 15 is 0 Å². The highest BCUT2D eigenvalue weighted by Gasteiger charge is 2.37. The van der Waals surface area contributed by atoms with E-state index in [1.54, 1.807) is 24.3 Å². The maximum atomic E-state index is 14.0. The van der Waals surface area contributed by atoms with Gasteiger partial charge < -0.3 is 14.8 Å². The molecule has 0 unspecified atom stereocenters. The summed E-state index contributed by atoms with van der Waals surface area (Å²) in [5, 5.41) is 10.2. The second-order valence-corrected chi connectivity index (χ2v) is 9.30. The van der Waals surface area contributed by atoms with Crippen LogP contribution >= 0.6 is 11.6 Å². The lowest BCUT2D eigenvalue weighted by atomic mass is 10.1. The molecule has 5 aromatic rings. The first-order valence-corrected chi connectivity index (χ1v) is 12.3. The third kappa shape index (κ3) is 5.43. The third-order valence-electron chi connectivity index (χ3n) is 5.98. The first-order chi connectivity index (χ1) is 19.0. The Morgan fingerprint density at radius 2 is 1.93 bits per heavy atom. The summed E-state index contributed by atoms with van der Waals surface area (Å²) in [5.74, 6) is 0.290. The number of hydrogen-bond donors (Lipinski definition) is 1. The number of aryl methyl sites for hydroxylation is 2. The van der Waals surface area contributed by atoms with Crippen molar-refractivity contribution in [3.63, 3.8) is 0 Å². The first-order valence-electron chi connectivity index (χ1n) is 11.9. The third-order valence-corrected chi connectivity index (χ3v) is 6.33. The van der Waals surface area contributed by atoms with Crippen LogP contribution in [0.5, 0.6) is 11.5 Å². The standard InChI is InChI=1S/C27H22ClF3N6O3/c1-15-7-8-21(16(2)9-15)40-14-36-13-18(12-32-36)33-26(38)24-23(28)25-34-20(17-5-4-6-19(10-17)39-3)11-22(27(29,30)31)37(25)35-24/h4-13H,14H2,1-3H3,(H,33,38). The van der Waals surface area contributed by atoms with Gasteiger partial charge in [-0.05, 0) is 43.7 Å². The van der Waals surface area contributed by atoms with Crippen molar-refractivity contribution in [1.82, 2.24) is 24.4 Å². The molecule has 0 saturated heterocycles. The molecule has 1 amide bonds. The normalized spacial score (nSPS) is 11.6. The highest BCUT2D eigenvalue weighted by molar-refractivity contribution is 6.37. The van der Waals surface area contributed by atoms with Gasteiger partial charge in [0.25, 0.3) is 5.91 Å². The van der Waals surface area contributed by atoms with Crippen LogP contribution in [0.1, 0.15) is 27.3 Å². The van der Waals surface area contributed by atoms with Gasteiger partial charge in [-0.1, -0.05) is 41.4 Å². The molecular formula is C27H22ClF3N6O3. The molecule has 0 atom stereocenters. The minimum Gasteiger partial charge on any atom is -0.497 e. The van der Waals surface area contributed by atoms with Crippen molar-refractivity contribution in [3.8, 4) is 22.8 Å². The molecule has 0 bridgehead atoms. The summed E-state index contributed by atoms with van der Waals surface area (Å²) in [6.07, 6.45) is -1.94. The molecule has 3 heterocycles. The van der Waals surface area contributed by atoms with Gasteiger partial charge in [0.2, 0.25) is 0 Å². The summed E-state index contributed by atoms with van der Waals surface area (Å²) in [6.45, 7) is 3.98. The number of aromatic nitrogens is 5. The number of nitrogens with zero attached hydrogens (tertiary/aromatic N) is 5. The zero-order valence-electron chi connectivity index (χ0n) is 21.5. The number of ether oxygens (including phenoxy) is 2. The van der Waals surface area contributed by atoms with Gasteiger partial charge in [0.15, 0.2) is 23.8 Å². The summed E-state index contributed by atoms with van der Waals surface area (Å²) in [4.78, 5) is 17.3. The second kappa shape index (κ2) is 10.5. The van der Waals surface area contributed by atoms with Crippen molar-refractivity contribution < 1.29 is 27.4 Å². The monoisotopic (exact) mass is 570 g/mol. The quantitative estimate of drug-likeness (QED) is 0.251. The van der Waals surface area contributed by atoms with Gasteiger partial charge in [0.05, 0.1) is 30.9 Å². The molecule has 0 radical (unpaired) electrons. The Morgan fingerprint density at radius 3 is 2.65 bits per heavy atom. The predicted molar refractivity (Wildman–Crippen MR) is 142 cm³/mol. The van der Waals surface area contributed by atoms with Crippen molar-refractivity contribution in [1.29, 1.82) is 0 Å². The summed E-state index contributed by atoms with van der Waals surface area (Å²) in [7, 11) is 1.44. The fourth-order valence-electron chi connectivity index (χ4n) is 4.05. The largest absolute Gasteiger partial charge is 0.497 e. The summed E-state index contributed by atoms with van der Waals surface area (Å²) < 4.78 is 54.9. The molecule has 2 aromatic carbocycles. The minimum atomic E-state index is -4.81. The molecule has 0 aliphatic rings. The molecule has 206 valence electrons. The van der Waals surface area contributed by atoms with Gasteiger partial charge >= 0.3 is 6.18 Å². The number of benzene rings is 2. The van der Waals surface area contributed by atoms with Gasteiger partial charge in [-0.25, -0.2) is 14.2 Å². The molecular weight excluding hydrogens is 549 g/mol. The highest BCUT2D eigenvalue weighted by Crippen LogP contribution is 2.35. The fourth-order valence-corrected chi connectivity index (χ4v) is 4.30. The number of carbonyl (C=O) groups excluding carboxylic acids is 1. The number of rotatable bonds is 7. The number of fused-ring (bicyclic) bond motifs is 1. The number of anilines is 1. The van der Waals surface area contributed by atoms with E-state index in [0.717, 1.165) is 17.2 Å². The van der Waals surface area contributed by atoms with E-state index in [4.69, 9.17) is 21.1 Å². The molecule has 13 heteroatoms. The highest BCUT2D eigenvalue weighted by atomic mass is 35.5. The Balaban J connectivity index is 1.41. The van der Waals surface area contributed by atoms with Crippen LogP contribution in [0.2, 0.25) is 5.02 Å². The van der Waals surface area contributed by atoms with Crippen LogP contribution in [-0.2, 0) is 12.9 Å². The van der Waals surface area contributed by atoms with Crippen LogP contribution < -0.4 is 14.8 Å². The van der Waals surface area contributed by atoms with Gasteiger partial charge in [0.1, 0.15) is 16.5 Å². The molecule has 0 aliphatic carbocycles. The van der Waals surface area contributed by atoms with E-state index in [2.05, 4.69) is 20.5 Å². The molecule has 0 aliphatic heterocycles. The number of nitrogens with one attached hydrogen (secondary N) is 1. The average molecular weight is 571 g/mol. The van der Waals surface area contributed by atoms with Gasteiger partial charge in [0, 0.05) is 5.56 Å². The van der Waals surface area contributed by atoms with Crippen LogP contribution in [0.4, 0.5) is 18.9 Å². The smallest absolute Gasteiger partial charge is 0.433 e. The van der Waals surface area contributed by atoms with Crippen molar-refractivity contribution in [2.45, 2.75) is 26.8 Å². The molecule has 3 aromatic heterocycles. The lowest BCUT2D eigenvalue weighted by molar-refractivity contribution is -0.142. The second-order valence-electron chi connectivity index (χ2n) is 8.92. The van der Waals surface area contributed by atoms with E-state index in [1.807, 2.05) is 32.0 Å². The van der Waals surface area contributed by atoms with E-state index in [-0.39, 0.29) is 28.8 Å².